The first kappa shape index (κ1) is 17.0. The van der Waals surface area contributed by atoms with Crippen molar-refractivity contribution in [3.8, 4) is 11.8 Å². The highest BCUT2D eigenvalue weighted by atomic mass is 19.4. The average Bonchev–Trinajstić information content (AvgIpc) is 2.39. The Bertz CT molecular complexity index is 515. The summed E-state index contributed by atoms with van der Waals surface area (Å²) in [5, 5.41) is 11.0. The van der Waals surface area contributed by atoms with E-state index in [1.165, 1.54) is 0 Å². The lowest BCUT2D eigenvalue weighted by Gasteiger charge is -2.08. The lowest BCUT2D eigenvalue weighted by molar-refractivity contribution is -0.174. The van der Waals surface area contributed by atoms with Crippen LogP contribution in [0.5, 0.6) is 0 Å². The van der Waals surface area contributed by atoms with Crippen molar-refractivity contribution in [2.75, 3.05) is 25.1 Å². The van der Waals surface area contributed by atoms with E-state index in [0.717, 1.165) is 0 Å². The van der Waals surface area contributed by atoms with Crippen LogP contribution in [-0.2, 0) is 9.53 Å². The van der Waals surface area contributed by atoms with E-state index < -0.39 is 25.3 Å². The van der Waals surface area contributed by atoms with Crippen molar-refractivity contribution in [1.82, 2.24) is 0 Å². The van der Waals surface area contributed by atoms with Gasteiger partial charge in [-0.3, -0.25) is 4.79 Å². The smallest absolute Gasteiger partial charge is 0.395 e. The van der Waals surface area contributed by atoms with Crippen LogP contribution in [0.2, 0.25) is 0 Å². The van der Waals surface area contributed by atoms with Gasteiger partial charge in [0.15, 0.2) is 0 Å². The Hall–Kier alpha value is -2.04. The monoisotopic (exact) mass is 301 g/mol. The Balaban J connectivity index is 2.41. The van der Waals surface area contributed by atoms with Gasteiger partial charge in [0.1, 0.15) is 13.2 Å². The van der Waals surface area contributed by atoms with E-state index in [-0.39, 0.29) is 6.61 Å². The predicted molar refractivity (Wildman–Crippen MR) is 70.5 cm³/mol. The molecule has 0 saturated heterocycles. The zero-order chi connectivity index (χ0) is 15.7. The number of aliphatic hydroxyl groups excluding tert-OH is 1. The summed E-state index contributed by atoms with van der Waals surface area (Å²) in [6, 6.07) is 6.45. The molecule has 0 aliphatic rings. The molecular weight excluding hydrogens is 287 g/mol. The molecule has 0 spiro atoms. The Kier molecular flexibility index (Phi) is 6.72. The Morgan fingerprint density at radius 1 is 1.29 bits per heavy atom. The molecule has 0 unspecified atom stereocenters. The number of hydrogen-bond acceptors (Lipinski definition) is 3. The highest BCUT2D eigenvalue weighted by Crippen LogP contribution is 2.14. The van der Waals surface area contributed by atoms with E-state index in [2.05, 4.69) is 21.9 Å². The highest BCUT2D eigenvalue weighted by molar-refractivity contribution is 5.91. The van der Waals surface area contributed by atoms with Crippen molar-refractivity contribution >= 4 is 11.6 Å². The molecule has 2 N–H and O–H groups in total. The summed E-state index contributed by atoms with van der Waals surface area (Å²) in [6.07, 6.45) is -4.08. The van der Waals surface area contributed by atoms with Crippen molar-refractivity contribution in [3.05, 3.63) is 29.8 Å². The topological polar surface area (TPSA) is 58.6 Å². The molecule has 0 fully saturated rings. The van der Waals surface area contributed by atoms with Crippen molar-refractivity contribution < 1.29 is 27.8 Å². The summed E-state index contributed by atoms with van der Waals surface area (Å²) in [4.78, 5) is 11.3. The third kappa shape index (κ3) is 7.97. The molecule has 0 saturated carbocycles. The number of rotatable bonds is 5. The van der Waals surface area contributed by atoms with Gasteiger partial charge in [0.2, 0.25) is 5.91 Å². The Morgan fingerprint density at radius 2 is 1.95 bits per heavy atom. The lowest BCUT2D eigenvalue weighted by atomic mass is 10.2. The van der Waals surface area contributed by atoms with Crippen LogP contribution in [0.15, 0.2) is 24.3 Å². The third-order valence-electron chi connectivity index (χ3n) is 2.14. The number of hydrogen-bond donors (Lipinski definition) is 2. The average molecular weight is 301 g/mol. The fourth-order valence-corrected chi connectivity index (χ4v) is 1.31. The third-order valence-corrected chi connectivity index (χ3v) is 2.14. The van der Waals surface area contributed by atoms with Gasteiger partial charge in [0.25, 0.3) is 0 Å². The van der Waals surface area contributed by atoms with E-state index >= 15 is 0 Å². The van der Waals surface area contributed by atoms with E-state index in [0.29, 0.717) is 17.7 Å². The molecule has 0 radical (unpaired) electrons. The number of ether oxygens (including phenoxy) is 1. The number of aliphatic hydroxyl groups is 1. The lowest BCUT2D eigenvalue weighted by Crippen LogP contribution is -2.23. The minimum absolute atomic E-state index is 0.0148. The van der Waals surface area contributed by atoms with Crippen LogP contribution in [0, 0.1) is 11.8 Å². The van der Waals surface area contributed by atoms with Gasteiger partial charge < -0.3 is 15.2 Å². The highest BCUT2D eigenvalue weighted by Gasteiger charge is 2.27. The quantitative estimate of drug-likeness (QED) is 0.817. The van der Waals surface area contributed by atoms with Crippen LogP contribution >= 0.6 is 0 Å². The predicted octanol–water partition coefficient (Wildman–Crippen LogP) is 1.94. The van der Waals surface area contributed by atoms with Gasteiger partial charge in [-0.25, -0.2) is 0 Å². The van der Waals surface area contributed by atoms with Gasteiger partial charge in [-0.15, -0.1) is 0 Å². The van der Waals surface area contributed by atoms with Gasteiger partial charge in [0, 0.05) is 17.7 Å². The summed E-state index contributed by atoms with van der Waals surface area (Å²) in [7, 11) is 0. The number of halogens is 3. The Morgan fingerprint density at radius 3 is 2.52 bits per heavy atom. The molecule has 0 aliphatic carbocycles. The van der Waals surface area contributed by atoms with Crippen LogP contribution in [0.1, 0.15) is 12.0 Å². The maximum Gasteiger partial charge on any atom is 0.411 e. The van der Waals surface area contributed by atoms with Crippen molar-refractivity contribution in [3.63, 3.8) is 0 Å². The van der Waals surface area contributed by atoms with Crippen LogP contribution in [-0.4, -0.2) is 37.0 Å². The molecule has 7 heteroatoms. The normalized spacial score (nSPS) is 10.7. The number of benzene rings is 1. The first-order valence-electron chi connectivity index (χ1n) is 6.05. The van der Waals surface area contributed by atoms with Crippen molar-refractivity contribution in [2.24, 2.45) is 0 Å². The summed E-state index contributed by atoms with van der Waals surface area (Å²) in [5.74, 6) is 4.88. The summed E-state index contributed by atoms with van der Waals surface area (Å²) >= 11 is 0. The fraction of sp³-hybridized carbons (Fsp3) is 0.357. The zero-order valence-corrected chi connectivity index (χ0v) is 11.0. The molecule has 0 bridgehead atoms. The van der Waals surface area contributed by atoms with Crippen LogP contribution in [0.3, 0.4) is 0 Å². The molecular formula is C14H14F3NO3. The zero-order valence-electron chi connectivity index (χ0n) is 11.0. The molecule has 1 rings (SSSR count). The van der Waals surface area contributed by atoms with Crippen molar-refractivity contribution in [1.29, 1.82) is 0 Å². The SMILES string of the molecule is O=C(COCC(F)(F)F)Nc1ccc(C#CCCO)cc1. The van der Waals surface area contributed by atoms with E-state index in [4.69, 9.17) is 5.11 Å². The van der Waals surface area contributed by atoms with Gasteiger partial charge in [-0.1, -0.05) is 11.8 Å². The molecule has 0 aliphatic heterocycles. The summed E-state index contributed by atoms with van der Waals surface area (Å²) in [5.41, 5.74) is 1.14. The molecule has 1 aromatic rings. The van der Waals surface area contributed by atoms with Crippen molar-refractivity contribution in [2.45, 2.75) is 12.6 Å². The number of amides is 1. The van der Waals surface area contributed by atoms with Crippen LogP contribution < -0.4 is 5.32 Å². The molecule has 1 aromatic carbocycles. The number of carbonyl (C=O) groups is 1. The maximum atomic E-state index is 11.8. The van der Waals surface area contributed by atoms with Crippen LogP contribution in [0.25, 0.3) is 0 Å². The van der Waals surface area contributed by atoms with E-state index in [9.17, 15) is 18.0 Å². The largest absolute Gasteiger partial charge is 0.411 e. The number of alkyl halides is 3. The fourth-order valence-electron chi connectivity index (χ4n) is 1.31. The van der Waals surface area contributed by atoms with E-state index in [1.807, 2.05) is 0 Å². The minimum Gasteiger partial charge on any atom is -0.395 e. The second-order valence-electron chi connectivity index (χ2n) is 4.01. The summed E-state index contributed by atoms with van der Waals surface area (Å²) < 4.78 is 39.7. The molecule has 0 atom stereocenters. The molecule has 0 heterocycles. The first-order valence-corrected chi connectivity index (χ1v) is 6.05. The van der Waals surface area contributed by atoms with Crippen LogP contribution in [0.4, 0.5) is 18.9 Å². The molecule has 4 nitrogen and oxygen atoms in total. The molecule has 1 amide bonds. The molecule has 0 aromatic heterocycles. The number of carbonyl (C=O) groups excluding carboxylic acids is 1. The van der Waals surface area contributed by atoms with Gasteiger partial charge in [-0.05, 0) is 24.3 Å². The number of anilines is 1. The number of nitrogens with one attached hydrogen (secondary N) is 1. The molecule has 21 heavy (non-hydrogen) atoms. The van der Waals surface area contributed by atoms with Gasteiger partial charge in [-0.2, -0.15) is 13.2 Å². The Labute approximate surface area is 119 Å². The van der Waals surface area contributed by atoms with Gasteiger partial charge >= 0.3 is 6.18 Å². The summed E-state index contributed by atoms with van der Waals surface area (Å²) in [6.45, 7) is -2.14. The molecule has 114 valence electrons. The minimum atomic E-state index is -4.45. The van der Waals surface area contributed by atoms with E-state index in [1.54, 1.807) is 24.3 Å². The van der Waals surface area contributed by atoms with Gasteiger partial charge in [0.05, 0.1) is 6.61 Å². The first-order chi connectivity index (χ1) is 9.90. The standard InChI is InChI=1S/C14H14F3NO3/c15-14(16,17)10-21-9-13(20)18-12-6-4-11(5-7-12)3-1-2-8-19/h4-7,19H,2,8-10H2,(H,18,20). The second kappa shape index (κ2) is 8.29. The maximum absolute atomic E-state index is 11.8. The second-order valence-corrected chi connectivity index (χ2v) is 4.01.